The Morgan fingerprint density at radius 3 is 2.71 bits per heavy atom. The van der Waals surface area contributed by atoms with Crippen molar-refractivity contribution in [3.8, 4) is 5.75 Å². The van der Waals surface area contributed by atoms with E-state index in [2.05, 4.69) is 4.90 Å². The van der Waals surface area contributed by atoms with E-state index in [4.69, 9.17) is 4.74 Å². The molecule has 2 aliphatic rings. The molecule has 1 aromatic rings. The van der Waals surface area contributed by atoms with Crippen LogP contribution < -0.4 is 9.64 Å². The molecule has 112 valence electrons. The lowest BCUT2D eigenvalue weighted by Gasteiger charge is -2.34. The summed E-state index contributed by atoms with van der Waals surface area (Å²) >= 11 is 0. The van der Waals surface area contributed by atoms with Gasteiger partial charge >= 0.3 is 5.97 Å². The van der Waals surface area contributed by atoms with E-state index in [1.54, 1.807) is 23.1 Å². The van der Waals surface area contributed by atoms with Gasteiger partial charge in [-0.15, -0.1) is 0 Å². The Balaban J connectivity index is 1.89. The standard InChI is InChI=1S/C15H18N2O4/c1-16-7-6-10(8-16)14(18)17-9-13(15(19)20)21-12-5-3-2-4-11(12)17/h2-5,10,13H,6-9H2,1H3,(H,19,20). The Morgan fingerprint density at radius 1 is 1.29 bits per heavy atom. The number of amides is 1. The normalized spacial score (nSPS) is 25.3. The molecule has 0 aromatic heterocycles. The maximum absolute atomic E-state index is 12.7. The van der Waals surface area contributed by atoms with Gasteiger partial charge < -0.3 is 19.6 Å². The molecular weight excluding hydrogens is 272 g/mol. The summed E-state index contributed by atoms with van der Waals surface area (Å²) in [7, 11) is 1.99. The summed E-state index contributed by atoms with van der Waals surface area (Å²) in [5.74, 6) is -0.682. The zero-order valence-corrected chi connectivity index (χ0v) is 11.9. The van der Waals surface area contributed by atoms with Gasteiger partial charge in [0.05, 0.1) is 18.2 Å². The number of hydrogen-bond acceptors (Lipinski definition) is 4. The molecular formula is C15H18N2O4. The van der Waals surface area contributed by atoms with Gasteiger partial charge in [-0.3, -0.25) is 4.79 Å². The summed E-state index contributed by atoms with van der Waals surface area (Å²) in [6.07, 6.45) is -0.199. The number of likely N-dealkylation sites (tertiary alicyclic amines) is 1. The van der Waals surface area contributed by atoms with Gasteiger partial charge in [0, 0.05) is 6.54 Å². The number of ether oxygens (including phenoxy) is 1. The van der Waals surface area contributed by atoms with E-state index in [9.17, 15) is 14.7 Å². The second-order valence-corrected chi connectivity index (χ2v) is 5.61. The van der Waals surface area contributed by atoms with Crippen molar-refractivity contribution >= 4 is 17.6 Å². The van der Waals surface area contributed by atoms with E-state index in [1.165, 1.54) is 0 Å². The van der Waals surface area contributed by atoms with Crippen molar-refractivity contribution in [1.29, 1.82) is 0 Å². The first-order valence-corrected chi connectivity index (χ1v) is 7.04. The van der Waals surface area contributed by atoms with Crippen LogP contribution in [0.5, 0.6) is 5.75 Å². The smallest absolute Gasteiger partial charge is 0.346 e. The third-order valence-electron chi connectivity index (χ3n) is 4.06. The quantitative estimate of drug-likeness (QED) is 0.873. The molecule has 0 saturated carbocycles. The van der Waals surface area contributed by atoms with Gasteiger partial charge in [0.15, 0.2) is 0 Å². The first-order chi connectivity index (χ1) is 10.1. The van der Waals surface area contributed by atoms with Crippen LogP contribution in [0.1, 0.15) is 6.42 Å². The number of carboxylic acid groups (broad SMARTS) is 1. The molecule has 2 unspecified atom stereocenters. The van der Waals surface area contributed by atoms with E-state index in [0.29, 0.717) is 11.4 Å². The Labute approximate surface area is 122 Å². The number of nitrogens with zero attached hydrogens (tertiary/aromatic N) is 2. The molecule has 1 aromatic carbocycles. The largest absolute Gasteiger partial charge is 0.478 e. The van der Waals surface area contributed by atoms with Gasteiger partial charge in [-0.1, -0.05) is 12.1 Å². The van der Waals surface area contributed by atoms with Crippen LogP contribution in [0.25, 0.3) is 0 Å². The SMILES string of the molecule is CN1CCC(C(=O)N2CC(C(=O)O)Oc3ccccc32)C1. The van der Waals surface area contributed by atoms with Crippen molar-refractivity contribution in [2.24, 2.45) is 5.92 Å². The number of para-hydroxylation sites is 2. The van der Waals surface area contributed by atoms with Crippen molar-refractivity contribution in [1.82, 2.24) is 4.90 Å². The number of anilines is 1. The zero-order valence-electron chi connectivity index (χ0n) is 11.9. The third kappa shape index (κ3) is 2.58. The summed E-state index contributed by atoms with van der Waals surface area (Å²) in [5, 5.41) is 9.20. The molecule has 2 aliphatic heterocycles. The monoisotopic (exact) mass is 290 g/mol. The minimum atomic E-state index is -1.05. The number of benzene rings is 1. The number of fused-ring (bicyclic) bond motifs is 1. The molecule has 2 heterocycles. The Morgan fingerprint density at radius 2 is 2.05 bits per heavy atom. The first kappa shape index (κ1) is 13.9. The highest BCUT2D eigenvalue weighted by Crippen LogP contribution is 2.34. The van der Waals surface area contributed by atoms with E-state index < -0.39 is 12.1 Å². The molecule has 2 atom stereocenters. The predicted molar refractivity (Wildman–Crippen MR) is 76.5 cm³/mol. The second kappa shape index (κ2) is 5.37. The van der Waals surface area contributed by atoms with Crippen LogP contribution in [0.3, 0.4) is 0 Å². The highest BCUT2D eigenvalue weighted by Gasteiger charge is 2.37. The van der Waals surface area contributed by atoms with Crippen molar-refractivity contribution < 1.29 is 19.4 Å². The minimum Gasteiger partial charge on any atom is -0.478 e. The topological polar surface area (TPSA) is 70.1 Å². The molecule has 0 radical (unpaired) electrons. The molecule has 1 fully saturated rings. The molecule has 1 N–H and O–H groups in total. The molecule has 6 nitrogen and oxygen atoms in total. The van der Waals surface area contributed by atoms with Crippen LogP contribution >= 0.6 is 0 Å². The fraction of sp³-hybridized carbons (Fsp3) is 0.467. The van der Waals surface area contributed by atoms with Crippen LogP contribution in [0, 0.1) is 5.92 Å². The van der Waals surface area contributed by atoms with Crippen LogP contribution in [0.4, 0.5) is 5.69 Å². The zero-order chi connectivity index (χ0) is 15.0. The molecule has 6 heteroatoms. The summed E-state index contributed by atoms with van der Waals surface area (Å²) in [6, 6.07) is 7.09. The summed E-state index contributed by atoms with van der Waals surface area (Å²) in [4.78, 5) is 27.6. The predicted octanol–water partition coefficient (Wildman–Crippen LogP) is 0.817. The number of hydrogen-bond donors (Lipinski definition) is 1. The number of rotatable bonds is 2. The third-order valence-corrected chi connectivity index (χ3v) is 4.06. The number of carbonyl (C=O) groups excluding carboxylic acids is 1. The lowest BCUT2D eigenvalue weighted by atomic mass is 10.1. The minimum absolute atomic E-state index is 0.0126. The molecule has 0 spiro atoms. The highest BCUT2D eigenvalue weighted by molar-refractivity contribution is 5.98. The first-order valence-electron chi connectivity index (χ1n) is 7.04. The van der Waals surface area contributed by atoms with E-state index >= 15 is 0 Å². The Hall–Kier alpha value is -2.08. The fourth-order valence-electron chi connectivity index (χ4n) is 2.93. The van der Waals surface area contributed by atoms with Gasteiger partial charge in [0.2, 0.25) is 12.0 Å². The average molecular weight is 290 g/mol. The number of aliphatic carboxylic acids is 1. The molecule has 0 bridgehead atoms. The lowest BCUT2D eigenvalue weighted by Crippen LogP contribution is -2.49. The van der Waals surface area contributed by atoms with Gasteiger partial charge in [0.25, 0.3) is 0 Å². The van der Waals surface area contributed by atoms with Gasteiger partial charge in [-0.05, 0) is 32.1 Å². The number of carbonyl (C=O) groups is 2. The summed E-state index contributed by atoms with van der Waals surface area (Å²) < 4.78 is 5.45. The van der Waals surface area contributed by atoms with Crippen molar-refractivity contribution in [3.63, 3.8) is 0 Å². The fourth-order valence-corrected chi connectivity index (χ4v) is 2.93. The van der Waals surface area contributed by atoms with Crippen molar-refractivity contribution in [2.75, 3.05) is 31.6 Å². The van der Waals surface area contributed by atoms with Crippen LogP contribution in [-0.4, -0.2) is 54.7 Å². The molecule has 0 aliphatic carbocycles. The Kier molecular flexibility index (Phi) is 3.55. The van der Waals surface area contributed by atoms with Crippen LogP contribution in [0.2, 0.25) is 0 Å². The number of carboxylic acids is 1. The van der Waals surface area contributed by atoms with Crippen molar-refractivity contribution in [3.05, 3.63) is 24.3 Å². The van der Waals surface area contributed by atoms with Gasteiger partial charge in [-0.2, -0.15) is 0 Å². The van der Waals surface area contributed by atoms with Crippen molar-refractivity contribution in [2.45, 2.75) is 12.5 Å². The Bertz CT molecular complexity index is 575. The average Bonchev–Trinajstić information content (AvgIpc) is 2.92. The second-order valence-electron chi connectivity index (χ2n) is 5.61. The molecule has 1 saturated heterocycles. The summed E-state index contributed by atoms with van der Waals surface area (Å²) in [6.45, 7) is 1.67. The molecule has 21 heavy (non-hydrogen) atoms. The van der Waals surface area contributed by atoms with Gasteiger partial charge in [-0.25, -0.2) is 4.79 Å². The maximum atomic E-state index is 12.7. The van der Waals surface area contributed by atoms with Crippen LogP contribution in [-0.2, 0) is 9.59 Å². The van der Waals surface area contributed by atoms with E-state index in [0.717, 1.165) is 19.5 Å². The maximum Gasteiger partial charge on any atom is 0.346 e. The summed E-state index contributed by atoms with van der Waals surface area (Å²) in [5.41, 5.74) is 0.662. The lowest BCUT2D eigenvalue weighted by molar-refractivity contribution is -0.145. The molecule has 3 rings (SSSR count). The van der Waals surface area contributed by atoms with E-state index in [-0.39, 0.29) is 18.4 Å². The van der Waals surface area contributed by atoms with Crippen LogP contribution in [0.15, 0.2) is 24.3 Å². The highest BCUT2D eigenvalue weighted by atomic mass is 16.5. The van der Waals surface area contributed by atoms with E-state index in [1.807, 2.05) is 13.1 Å². The molecule has 1 amide bonds. The van der Waals surface area contributed by atoms with Gasteiger partial charge in [0.1, 0.15) is 5.75 Å².